The molecule has 0 aliphatic rings. The van der Waals surface area contributed by atoms with Gasteiger partial charge in [-0.1, -0.05) is 0 Å². The van der Waals surface area contributed by atoms with Gasteiger partial charge in [-0.05, 0) is 20.8 Å². The van der Waals surface area contributed by atoms with Crippen molar-refractivity contribution in [2.75, 3.05) is 0 Å². The maximum absolute atomic E-state index is 10.1. The molecule has 0 N–H and O–H groups in total. The summed E-state index contributed by atoms with van der Waals surface area (Å²) in [6, 6.07) is 0. The van der Waals surface area contributed by atoms with E-state index in [-0.39, 0.29) is 19.5 Å². The Morgan fingerprint density at radius 3 is 1.78 bits per heavy atom. The van der Waals surface area contributed by atoms with Crippen LogP contribution in [0.15, 0.2) is 0 Å². The van der Waals surface area contributed by atoms with Crippen LogP contribution in [0.4, 0.5) is 0 Å². The standard InChI is InChI=1S/C6H11O2.Zn/c1-5(7)8-6(2,3)4;/h1H2,2-4H3;. The topological polar surface area (TPSA) is 26.3 Å². The summed E-state index contributed by atoms with van der Waals surface area (Å²) in [5.41, 5.74) is -0.390. The molecule has 0 saturated carbocycles. The molecule has 0 aromatic rings. The number of carbonyl (C=O) groups excluding carboxylic acids is 1. The van der Waals surface area contributed by atoms with Crippen molar-refractivity contribution in [1.29, 1.82) is 0 Å². The SMILES string of the molecule is [CH2]C(=O)OC(C)(C)C.[Zn]. The smallest absolute Gasteiger partial charge is 0.306 e. The molecule has 0 aromatic heterocycles. The number of ether oxygens (including phenoxy) is 1. The molecular formula is C6H11O2Zn. The van der Waals surface area contributed by atoms with Gasteiger partial charge in [-0.15, -0.1) is 0 Å². The molecule has 0 heterocycles. The predicted molar refractivity (Wildman–Crippen MR) is 31.2 cm³/mol. The Balaban J connectivity index is 0. The fourth-order valence-corrected chi connectivity index (χ4v) is 0.342. The Morgan fingerprint density at radius 1 is 1.44 bits per heavy atom. The third-order valence-electron chi connectivity index (χ3n) is 0.420. The van der Waals surface area contributed by atoms with Crippen LogP contribution in [0.2, 0.25) is 0 Å². The van der Waals surface area contributed by atoms with Gasteiger partial charge in [0, 0.05) is 19.5 Å². The summed E-state index contributed by atoms with van der Waals surface area (Å²) < 4.78 is 4.69. The van der Waals surface area contributed by atoms with Crippen LogP contribution in [-0.4, -0.2) is 11.6 Å². The predicted octanol–water partition coefficient (Wildman–Crippen LogP) is 1.16. The maximum Gasteiger partial charge on any atom is 0.306 e. The van der Waals surface area contributed by atoms with Gasteiger partial charge in [0.1, 0.15) is 5.60 Å². The molecule has 2 nitrogen and oxygen atoms in total. The van der Waals surface area contributed by atoms with Gasteiger partial charge in [0.05, 0.1) is 6.92 Å². The molecule has 49 valence electrons. The van der Waals surface area contributed by atoms with Crippen molar-refractivity contribution >= 4 is 5.97 Å². The van der Waals surface area contributed by atoms with E-state index in [0.29, 0.717) is 0 Å². The van der Waals surface area contributed by atoms with Crippen LogP contribution in [0.3, 0.4) is 0 Å². The van der Waals surface area contributed by atoms with E-state index in [0.717, 1.165) is 0 Å². The van der Waals surface area contributed by atoms with Crippen molar-refractivity contribution in [3.8, 4) is 0 Å². The normalized spacial score (nSPS) is 9.78. The second kappa shape index (κ2) is 4.00. The molecule has 0 amide bonds. The molecule has 0 aromatic carbocycles. The van der Waals surface area contributed by atoms with Gasteiger partial charge in [-0.25, -0.2) is 0 Å². The average Bonchev–Trinajstić information content (AvgIpc) is 1.21. The van der Waals surface area contributed by atoms with E-state index < -0.39 is 11.6 Å². The van der Waals surface area contributed by atoms with E-state index in [4.69, 9.17) is 0 Å². The van der Waals surface area contributed by atoms with Crippen LogP contribution in [-0.2, 0) is 29.0 Å². The average molecular weight is 181 g/mol. The van der Waals surface area contributed by atoms with Gasteiger partial charge in [0.15, 0.2) is 0 Å². The number of carbonyl (C=O) groups is 1. The zero-order valence-corrected chi connectivity index (χ0v) is 9.20. The second-order valence-electron chi connectivity index (χ2n) is 2.59. The van der Waals surface area contributed by atoms with Crippen LogP contribution < -0.4 is 0 Å². The molecule has 0 aliphatic carbocycles. The number of rotatable bonds is 0. The molecule has 0 unspecified atom stereocenters. The van der Waals surface area contributed by atoms with Gasteiger partial charge >= 0.3 is 5.97 Å². The van der Waals surface area contributed by atoms with Gasteiger partial charge in [0.25, 0.3) is 0 Å². The van der Waals surface area contributed by atoms with Crippen molar-refractivity contribution in [2.45, 2.75) is 26.4 Å². The molecule has 0 atom stereocenters. The van der Waals surface area contributed by atoms with Crippen molar-refractivity contribution in [3.05, 3.63) is 6.92 Å². The van der Waals surface area contributed by atoms with Crippen molar-refractivity contribution in [2.24, 2.45) is 0 Å². The first kappa shape index (κ1) is 11.8. The third-order valence-corrected chi connectivity index (χ3v) is 0.420. The van der Waals surface area contributed by atoms with Gasteiger partial charge in [-0.3, -0.25) is 4.79 Å². The van der Waals surface area contributed by atoms with Crippen molar-refractivity contribution < 1.29 is 29.0 Å². The van der Waals surface area contributed by atoms with Gasteiger partial charge < -0.3 is 4.74 Å². The fraction of sp³-hybridized carbons (Fsp3) is 0.667. The Labute approximate surface area is 68.7 Å². The summed E-state index contributed by atoms with van der Waals surface area (Å²) >= 11 is 0. The number of esters is 1. The molecule has 0 rings (SSSR count). The molecule has 9 heavy (non-hydrogen) atoms. The minimum absolute atomic E-state index is 0. The van der Waals surface area contributed by atoms with E-state index in [9.17, 15) is 4.79 Å². The molecule has 1 radical (unpaired) electrons. The summed E-state index contributed by atoms with van der Waals surface area (Å²) in [5.74, 6) is -0.475. The minimum Gasteiger partial charge on any atom is -0.460 e. The molecule has 0 bridgehead atoms. The number of hydrogen-bond donors (Lipinski definition) is 0. The summed E-state index contributed by atoms with van der Waals surface area (Å²) in [5, 5.41) is 0. The Kier molecular flexibility index (Phi) is 5.26. The minimum atomic E-state index is -0.475. The summed E-state index contributed by atoms with van der Waals surface area (Å²) in [4.78, 5) is 10.1. The molecule has 0 aliphatic heterocycles. The van der Waals surface area contributed by atoms with E-state index in [1.54, 1.807) is 20.8 Å². The van der Waals surface area contributed by atoms with Gasteiger partial charge in [0.2, 0.25) is 0 Å². The van der Waals surface area contributed by atoms with Crippen molar-refractivity contribution in [3.63, 3.8) is 0 Å². The van der Waals surface area contributed by atoms with E-state index >= 15 is 0 Å². The van der Waals surface area contributed by atoms with Crippen LogP contribution in [0.5, 0.6) is 0 Å². The first-order valence-corrected chi connectivity index (χ1v) is 2.47. The second-order valence-corrected chi connectivity index (χ2v) is 2.59. The maximum atomic E-state index is 10.1. The zero-order valence-electron chi connectivity index (χ0n) is 6.23. The molecule has 0 fully saturated rings. The van der Waals surface area contributed by atoms with Crippen LogP contribution in [0, 0.1) is 6.92 Å². The summed E-state index contributed by atoms with van der Waals surface area (Å²) in [6.07, 6.45) is 0. The fourth-order valence-electron chi connectivity index (χ4n) is 0.342. The first-order chi connectivity index (χ1) is 3.42. The largest absolute Gasteiger partial charge is 0.460 e. The van der Waals surface area contributed by atoms with Gasteiger partial charge in [-0.2, -0.15) is 0 Å². The first-order valence-electron chi connectivity index (χ1n) is 2.47. The monoisotopic (exact) mass is 179 g/mol. The quantitative estimate of drug-likeness (QED) is 0.413. The Morgan fingerprint density at radius 2 is 1.78 bits per heavy atom. The summed E-state index contributed by atoms with van der Waals surface area (Å²) in [6.45, 7) is 8.47. The number of hydrogen-bond acceptors (Lipinski definition) is 2. The van der Waals surface area contributed by atoms with Crippen LogP contribution >= 0.6 is 0 Å². The van der Waals surface area contributed by atoms with E-state index in [1.807, 2.05) is 0 Å². The van der Waals surface area contributed by atoms with Crippen LogP contribution in [0.1, 0.15) is 20.8 Å². The van der Waals surface area contributed by atoms with E-state index in [2.05, 4.69) is 11.7 Å². The summed E-state index contributed by atoms with van der Waals surface area (Å²) in [7, 11) is 0. The molecule has 0 saturated heterocycles. The third kappa shape index (κ3) is 11.6. The molecule has 0 spiro atoms. The van der Waals surface area contributed by atoms with Crippen LogP contribution in [0.25, 0.3) is 0 Å². The Hall–Kier alpha value is 0.0934. The molecule has 3 heteroatoms. The van der Waals surface area contributed by atoms with E-state index in [1.165, 1.54) is 0 Å². The Bertz CT molecular complexity index is 93.7. The van der Waals surface area contributed by atoms with Crippen molar-refractivity contribution in [1.82, 2.24) is 0 Å². The molecular weight excluding hydrogens is 169 g/mol. The zero-order chi connectivity index (χ0) is 6.78.